The van der Waals surface area contributed by atoms with Crippen LogP contribution in [0.2, 0.25) is 0 Å². The van der Waals surface area contributed by atoms with Crippen LogP contribution in [0, 0.1) is 5.92 Å². The van der Waals surface area contributed by atoms with E-state index in [1.807, 2.05) is 11.5 Å². The van der Waals surface area contributed by atoms with E-state index in [4.69, 9.17) is 0 Å². The molecule has 2 heterocycles. The van der Waals surface area contributed by atoms with Crippen molar-refractivity contribution in [1.29, 1.82) is 0 Å². The van der Waals surface area contributed by atoms with Crippen molar-refractivity contribution in [2.24, 2.45) is 5.92 Å². The molecular weight excluding hydrogens is 336 g/mol. The minimum Gasteiger partial charge on any atom is -0.375 e. The van der Waals surface area contributed by atoms with Crippen LogP contribution < -0.4 is 10.9 Å². The Kier molecular flexibility index (Phi) is 4.05. The normalized spacial score (nSPS) is 14.4. The molecule has 1 fully saturated rings. The van der Waals surface area contributed by atoms with Gasteiger partial charge >= 0.3 is 0 Å². The molecule has 1 N–H and O–H groups in total. The van der Waals surface area contributed by atoms with Crippen molar-refractivity contribution in [1.82, 2.24) is 24.5 Å². The molecule has 21 heavy (non-hydrogen) atoms. The zero-order chi connectivity index (χ0) is 14.8. The molecule has 3 rings (SSSR count). The summed E-state index contributed by atoms with van der Waals surface area (Å²) in [5.74, 6) is 1.44. The topological polar surface area (TPSA) is 77.6 Å². The largest absolute Gasteiger partial charge is 0.375 e. The SMILES string of the molecule is CCn1cnnc1CNc1cnn(CC2CC2)c(=O)c1Br. The van der Waals surface area contributed by atoms with Gasteiger partial charge in [0.25, 0.3) is 5.56 Å². The van der Waals surface area contributed by atoms with Crippen molar-refractivity contribution < 1.29 is 0 Å². The van der Waals surface area contributed by atoms with E-state index < -0.39 is 0 Å². The molecule has 7 nitrogen and oxygen atoms in total. The van der Waals surface area contributed by atoms with E-state index in [-0.39, 0.29) is 5.56 Å². The summed E-state index contributed by atoms with van der Waals surface area (Å²) in [5, 5.41) is 15.3. The molecule has 0 amide bonds. The molecule has 0 radical (unpaired) electrons. The van der Waals surface area contributed by atoms with Gasteiger partial charge in [-0.15, -0.1) is 10.2 Å². The number of hydrogen-bond donors (Lipinski definition) is 1. The van der Waals surface area contributed by atoms with Gasteiger partial charge in [0.2, 0.25) is 0 Å². The molecule has 2 aromatic heterocycles. The maximum absolute atomic E-state index is 12.2. The summed E-state index contributed by atoms with van der Waals surface area (Å²) in [4.78, 5) is 12.2. The van der Waals surface area contributed by atoms with E-state index in [9.17, 15) is 4.79 Å². The van der Waals surface area contributed by atoms with Gasteiger partial charge in [0, 0.05) is 13.1 Å². The summed E-state index contributed by atoms with van der Waals surface area (Å²) in [6, 6.07) is 0. The maximum Gasteiger partial charge on any atom is 0.283 e. The number of nitrogens with zero attached hydrogens (tertiary/aromatic N) is 5. The summed E-state index contributed by atoms with van der Waals surface area (Å²) in [6.45, 7) is 4.05. The van der Waals surface area contributed by atoms with Gasteiger partial charge in [-0.3, -0.25) is 4.79 Å². The molecule has 0 atom stereocenters. The Morgan fingerprint density at radius 3 is 3.00 bits per heavy atom. The third kappa shape index (κ3) is 3.15. The van der Waals surface area contributed by atoms with Crippen molar-refractivity contribution in [3.8, 4) is 0 Å². The number of rotatable bonds is 6. The molecule has 0 aromatic carbocycles. The fraction of sp³-hybridized carbons (Fsp3) is 0.538. The zero-order valence-corrected chi connectivity index (χ0v) is 13.4. The van der Waals surface area contributed by atoms with E-state index >= 15 is 0 Å². The van der Waals surface area contributed by atoms with Crippen LogP contribution in [0.5, 0.6) is 0 Å². The van der Waals surface area contributed by atoms with Crippen LogP contribution >= 0.6 is 15.9 Å². The number of anilines is 1. The Balaban J connectivity index is 1.73. The summed E-state index contributed by atoms with van der Waals surface area (Å²) in [7, 11) is 0. The summed E-state index contributed by atoms with van der Waals surface area (Å²) < 4.78 is 3.99. The van der Waals surface area contributed by atoms with E-state index in [1.54, 1.807) is 12.5 Å². The van der Waals surface area contributed by atoms with E-state index in [0.717, 1.165) is 12.4 Å². The highest BCUT2D eigenvalue weighted by Crippen LogP contribution is 2.30. The number of aryl methyl sites for hydroxylation is 1. The Morgan fingerprint density at radius 2 is 2.29 bits per heavy atom. The Labute approximate surface area is 130 Å². The highest BCUT2D eigenvalue weighted by Gasteiger charge is 2.23. The minimum absolute atomic E-state index is 0.0936. The van der Waals surface area contributed by atoms with Crippen molar-refractivity contribution in [3.63, 3.8) is 0 Å². The van der Waals surface area contributed by atoms with Gasteiger partial charge in [0.1, 0.15) is 10.8 Å². The van der Waals surface area contributed by atoms with Gasteiger partial charge in [0.15, 0.2) is 5.82 Å². The van der Waals surface area contributed by atoms with Crippen LogP contribution in [0.15, 0.2) is 21.8 Å². The number of hydrogen-bond acceptors (Lipinski definition) is 5. The summed E-state index contributed by atoms with van der Waals surface area (Å²) >= 11 is 3.36. The van der Waals surface area contributed by atoms with Crippen molar-refractivity contribution in [3.05, 3.63) is 33.2 Å². The predicted octanol–water partition coefficient (Wildman–Crippen LogP) is 1.64. The standard InChI is InChI=1S/C13H17BrN6O/c1-2-19-8-16-18-11(19)6-15-10-5-17-20(7-9-3-4-9)13(21)12(10)14/h5,8-9,15H,2-4,6-7H2,1H3. The smallest absolute Gasteiger partial charge is 0.283 e. The lowest BCUT2D eigenvalue weighted by Gasteiger charge is -2.10. The molecule has 1 saturated carbocycles. The number of halogens is 1. The van der Waals surface area contributed by atoms with Crippen molar-refractivity contribution in [2.75, 3.05) is 5.32 Å². The molecule has 0 bridgehead atoms. The monoisotopic (exact) mass is 352 g/mol. The lowest BCUT2D eigenvalue weighted by molar-refractivity contribution is 0.531. The molecule has 0 spiro atoms. The second-order valence-electron chi connectivity index (χ2n) is 5.19. The van der Waals surface area contributed by atoms with Crippen molar-refractivity contribution >= 4 is 21.6 Å². The molecule has 0 saturated heterocycles. The Hall–Kier alpha value is -1.70. The predicted molar refractivity (Wildman–Crippen MR) is 81.9 cm³/mol. The number of nitrogens with one attached hydrogen (secondary N) is 1. The maximum atomic E-state index is 12.2. The van der Waals surface area contributed by atoms with Gasteiger partial charge in [-0.2, -0.15) is 5.10 Å². The Morgan fingerprint density at radius 1 is 1.48 bits per heavy atom. The van der Waals surface area contributed by atoms with Crippen LogP contribution in [0.3, 0.4) is 0 Å². The molecule has 0 aliphatic heterocycles. The lowest BCUT2D eigenvalue weighted by Crippen LogP contribution is -2.25. The van der Waals surface area contributed by atoms with Crippen LogP contribution in [0.4, 0.5) is 5.69 Å². The van der Waals surface area contributed by atoms with Gasteiger partial charge in [0.05, 0.1) is 18.4 Å². The summed E-state index contributed by atoms with van der Waals surface area (Å²) in [6.07, 6.45) is 5.76. The molecule has 8 heteroatoms. The number of aromatic nitrogens is 5. The van der Waals surface area contributed by atoms with E-state index in [2.05, 4.69) is 36.5 Å². The quantitative estimate of drug-likeness (QED) is 0.854. The van der Waals surface area contributed by atoms with Crippen molar-refractivity contribution in [2.45, 2.75) is 39.4 Å². The fourth-order valence-electron chi connectivity index (χ4n) is 2.12. The van der Waals surface area contributed by atoms with E-state index in [0.29, 0.717) is 29.2 Å². The Bertz CT molecular complexity index is 690. The van der Waals surface area contributed by atoms with Crippen LogP contribution in [0.1, 0.15) is 25.6 Å². The average Bonchev–Trinajstić information content (AvgIpc) is 3.19. The summed E-state index contributed by atoms with van der Waals surface area (Å²) in [5.41, 5.74) is 0.585. The first-order valence-electron chi connectivity index (χ1n) is 7.05. The minimum atomic E-state index is -0.0936. The van der Waals surface area contributed by atoms with Gasteiger partial charge in [-0.25, -0.2) is 4.68 Å². The molecule has 2 aromatic rings. The average molecular weight is 353 g/mol. The fourth-order valence-corrected chi connectivity index (χ4v) is 2.56. The van der Waals surface area contributed by atoms with Crippen LogP contribution in [0.25, 0.3) is 0 Å². The third-order valence-electron chi connectivity index (χ3n) is 3.59. The van der Waals surface area contributed by atoms with Gasteiger partial charge in [-0.1, -0.05) is 0 Å². The first-order valence-corrected chi connectivity index (χ1v) is 7.84. The molecular formula is C13H17BrN6O. The third-order valence-corrected chi connectivity index (χ3v) is 4.35. The van der Waals surface area contributed by atoms with Crippen LogP contribution in [-0.2, 0) is 19.6 Å². The zero-order valence-electron chi connectivity index (χ0n) is 11.8. The molecule has 112 valence electrons. The first-order chi connectivity index (χ1) is 10.2. The van der Waals surface area contributed by atoms with Crippen LogP contribution in [-0.4, -0.2) is 24.5 Å². The lowest BCUT2D eigenvalue weighted by atomic mass is 10.4. The van der Waals surface area contributed by atoms with Gasteiger partial charge < -0.3 is 9.88 Å². The highest BCUT2D eigenvalue weighted by atomic mass is 79.9. The molecule has 0 unspecified atom stereocenters. The molecule has 1 aliphatic rings. The first kappa shape index (κ1) is 14.2. The van der Waals surface area contributed by atoms with E-state index in [1.165, 1.54) is 17.5 Å². The second-order valence-corrected chi connectivity index (χ2v) is 5.98. The molecule has 1 aliphatic carbocycles. The second kappa shape index (κ2) is 5.97. The van der Waals surface area contributed by atoms with Gasteiger partial charge in [-0.05, 0) is 41.6 Å². The highest BCUT2D eigenvalue weighted by molar-refractivity contribution is 9.10.